The summed E-state index contributed by atoms with van der Waals surface area (Å²) in [6, 6.07) is 16.6. The SMILES string of the molecule is Clc1ccc(-c2[nH]c3ccccc3c2CN2CCc3nc(C4=NCCCC4)ncc3C2)cc1. The molecule has 2 aromatic heterocycles. The van der Waals surface area contributed by atoms with Crippen molar-refractivity contribution < 1.29 is 0 Å². The van der Waals surface area contributed by atoms with Gasteiger partial charge in [-0.1, -0.05) is 41.9 Å². The Hall–Kier alpha value is -3.02. The van der Waals surface area contributed by atoms with Gasteiger partial charge in [-0.3, -0.25) is 9.89 Å². The normalized spacial score (nSPS) is 16.6. The van der Waals surface area contributed by atoms with E-state index in [0.717, 1.165) is 66.7 Å². The number of benzene rings is 2. The Morgan fingerprint density at radius 3 is 2.73 bits per heavy atom. The molecule has 4 heterocycles. The van der Waals surface area contributed by atoms with Gasteiger partial charge in [0.2, 0.25) is 0 Å². The zero-order valence-electron chi connectivity index (χ0n) is 18.5. The zero-order valence-corrected chi connectivity index (χ0v) is 19.3. The Kier molecular flexibility index (Phi) is 5.44. The molecule has 4 aromatic rings. The van der Waals surface area contributed by atoms with E-state index in [9.17, 15) is 0 Å². The smallest absolute Gasteiger partial charge is 0.173 e. The minimum Gasteiger partial charge on any atom is -0.354 e. The number of aromatic amines is 1. The first-order chi connectivity index (χ1) is 16.2. The van der Waals surface area contributed by atoms with Crippen molar-refractivity contribution in [2.24, 2.45) is 4.99 Å². The summed E-state index contributed by atoms with van der Waals surface area (Å²) in [5.41, 5.74) is 8.31. The first kappa shape index (κ1) is 20.6. The maximum absolute atomic E-state index is 6.14. The van der Waals surface area contributed by atoms with Crippen LogP contribution >= 0.6 is 11.6 Å². The molecule has 0 radical (unpaired) electrons. The molecular weight excluding hydrogens is 430 g/mol. The molecule has 2 aliphatic rings. The van der Waals surface area contributed by atoms with Gasteiger partial charge < -0.3 is 4.98 Å². The zero-order chi connectivity index (χ0) is 22.2. The molecule has 0 spiro atoms. The van der Waals surface area contributed by atoms with Gasteiger partial charge in [-0.2, -0.15) is 0 Å². The Bertz CT molecular complexity index is 1340. The molecule has 0 unspecified atom stereocenters. The molecule has 33 heavy (non-hydrogen) atoms. The lowest BCUT2D eigenvalue weighted by molar-refractivity contribution is 0.244. The summed E-state index contributed by atoms with van der Waals surface area (Å²) in [6.45, 7) is 3.62. The van der Waals surface area contributed by atoms with E-state index in [0.29, 0.717) is 0 Å². The highest BCUT2D eigenvalue weighted by molar-refractivity contribution is 6.30. The molecule has 0 bridgehead atoms. The lowest BCUT2D eigenvalue weighted by atomic mass is 10.0. The van der Waals surface area contributed by atoms with Crippen LogP contribution in [0.3, 0.4) is 0 Å². The van der Waals surface area contributed by atoms with Crippen molar-refractivity contribution >= 4 is 28.2 Å². The lowest BCUT2D eigenvalue weighted by Gasteiger charge is -2.28. The van der Waals surface area contributed by atoms with E-state index in [-0.39, 0.29) is 0 Å². The van der Waals surface area contributed by atoms with Crippen LogP contribution in [0.25, 0.3) is 22.2 Å². The van der Waals surface area contributed by atoms with Gasteiger partial charge in [0.05, 0.1) is 17.1 Å². The first-order valence-corrected chi connectivity index (χ1v) is 12.1. The van der Waals surface area contributed by atoms with Crippen molar-refractivity contribution in [3.63, 3.8) is 0 Å². The van der Waals surface area contributed by atoms with Crippen LogP contribution in [-0.4, -0.2) is 38.7 Å². The largest absolute Gasteiger partial charge is 0.354 e. The second-order valence-corrected chi connectivity index (χ2v) is 9.38. The molecular formula is C27H26ClN5. The molecule has 2 aromatic carbocycles. The highest BCUT2D eigenvalue weighted by Gasteiger charge is 2.23. The van der Waals surface area contributed by atoms with E-state index in [1.807, 2.05) is 18.3 Å². The average Bonchev–Trinajstić information content (AvgIpc) is 3.23. The monoisotopic (exact) mass is 455 g/mol. The number of rotatable bonds is 4. The third-order valence-electron chi connectivity index (χ3n) is 6.72. The molecule has 0 atom stereocenters. The minimum absolute atomic E-state index is 0.752. The van der Waals surface area contributed by atoms with Crippen LogP contribution < -0.4 is 0 Å². The average molecular weight is 456 g/mol. The fourth-order valence-electron chi connectivity index (χ4n) is 4.98. The Morgan fingerprint density at radius 2 is 1.88 bits per heavy atom. The molecule has 6 heteroatoms. The minimum atomic E-state index is 0.752. The number of fused-ring (bicyclic) bond motifs is 2. The van der Waals surface area contributed by atoms with Crippen molar-refractivity contribution in [3.05, 3.63) is 82.4 Å². The summed E-state index contributed by atoms with van der Waals surface area (Å²) in [4.78, 5) is 20.4. The molecule has 0 saturated heterocycles. The van der Waals surface area contributed by atoms with E-state index in [1.54, 1.807) is 0 Å². The van der Waals surface area contributed by atoms with Crippen LogP contribution in [0.2, 0.25) is 5.02 Å². The second kappa shape index (κ2) is 8.73. The number of aromatic nitrogens is 3. The third kappa shape index (κ3) is 4.07. The molecule has 0 fully saturated rings. The van der Waals surface area contributed by atoms with Crippen molar-refractivity contribution in [1.82, 2.24) is 19.9 Å². The van der Waals surface area contributed by atoms with Crippen LogP contribution in [0.5, 0.6) is 0 Å². The van der Waals surface area contributed by atoms with Gasteiger partial charge in [0.15, 0.2) is 5.82 Å². The van der Waals surface area contributed by atoms with E-state index in [2.05, 4.69) is 56.3 Å². The summed E-state index contributed by atoms with van der Waals surface area (Å²) < 4.78 is 0. The van der Waals surface area contributed by atoms with Crippen LogP contribution in [0.15, 0.2) is 59.7 Å². The molecule has 0 aliphatic carbocycles. The van der Waals surface area contributed by atoms with Gasteiger partial charge >= 0.3 is 0 Å². The standard InChI is InChI=1S/C27H26ClN5/c28-20-10-8-18(9-11-20)26-22(21-5-1-2-6-24(21)31-26)17-33-14-12-23-19(16-33)15-30-27(32-23)25-7-3-4-13-29-25/h1-2,5-6,8-11,15,31H,3-4,7,12-14,16-17H2. The summed E-state index contributed by atoms with van der Waals surface area (Å²) >= 11 is 6.14. The number of nitrogens with one attached hydrogen (secondary N) is 1. The van der Waals surface area contributed by atoms with Gasteiger partial charge in [0, 0.05) is 60.3 Å². The molecule has 0 amide bonds. The number of hydrogen-bond donors (Lipinski definition) is 1. The molecule has 1 N–H and O–H groups in total. The van der Waals surface area contributed by atoms with Crippen LogP contribution in [0, 0.1) is 0 Å². The van der Waals surface area contributed by atoms with Gasteiger partial charge in [0.25, 0.3) is 0 Å². The molecule has 166 valence electrons. The number of halogens is 1. The topological polar surface area (TPSA) is 57.2 Å². The maximum atomic E-state index is 6.14. The van der Waals surface area contributed by atoms with E-state index in [4.69, 9.17) is 16.6 Å². The molecule has 5 nitrogen and oxygen atoms in total. The van der Waals surface area contributed by atoms with Crippen LogP contribution in [0.4, 0.5) is 0 Å². The van der Waals surface area contributed by atoms with E-state index >= 15 is 0 Å². The highest BCUT2D eigenvalue weighted by Crippen LogP contribution is 2.33. The summed E-state index contributed by atoms with van der Waals surface area (Å²) in [5.74, 6) is 0.837. The van der Waals surface area contributed by atoms with Crippen LogP contribution in [0.1, 0.15) is 41.9 Å². The molecule has 0 saturated carbocycles. The number of para-hydroxylation sites is 1. The van der Waals surface area contributed by atoms with Crippen molar-refractivity contribution in [3.8, 4) is 11.3 Å². The maximum Gasteiger partial charge on any atom is 0.173 e. The van der Waals surface area contributed by atoms with E-state index < -0.39 is 0 Å². The van der Waals surface area contributed by atoms with E-state index in [1.165, 1.54) is 40.7 Å². The Balaban J connectivity index is 1.29. The fourth-order valence-corrected chi connectivity index (χ4v) is 5.11. The third-order valence-corrected chi connectivity index (χ3v) is 6.98. The predicted molar refractivity (Wildman–Crippen MR) is 134 cm³/mol. The summed E-state index contributed by atoms with van der Waals surface area (Å²) in [6.07, 6.45) is 6.33. The van der Waals surface area contributed by atoms with Crippen LogP contribution in [-0.2, 0) is 19.5 Å². The number of aliphatic imine (C=N–C) groups is 1. The highest BCUT2D eigenvalue weighted by atomic mass is 35.5. The Labute approximate surface area is 198 Å². The fraction of sp³-hybridized carbons (Fsp3) is 0.296. The number of nitrogens with zero attached hydrogens (tertiary/aromatic N) is 4. The van der Waals surface area contributed by atoms with Crippen molar-refractivity contribution in [2.45, 2.75) is 38.8 Å². The lowest BCUT2D eigenvalue weighted by Crippen LogP contribution is -2.31. The van der Waals surface area contributed by atoms with Crippen molar-refractivity contribution in [1.29, 1.82) is 0 Å². The van der Waals surface area contributed by atoms with Crippen molar-refractivity contribution in [2.75, 3.05) is 13.1 Å². The molecule has 6 rings (SSSR count). The van der Waals surface area contributed by atoms with Gasteiger partial charge in [0.1, 0.15) is 0 Å². The van der Waals surface area contributed by atoms with Gasteiger partial charge in [-0.05, 0) is 48.6 Å². The summed E-state index contributed by atoms with van der Waals surface area (Å²) in [7, 11) is 0. The predicted octanol–water partition coefficient (Wildman–Crippen LogP) is 5.81. The summed E-state index contributed by atoms with van der Waals surface area (Å²) in [5, 5.41) is 2.03. The second-order valence-electron chi connectivity index (χ2n) is 8.94. The quantitative estimate of drug-likeness (QED) is 0.422. The number of H-pyrrole nitrogens is 1. The first-order valence-electron chi connectivity index (χ1n) is 11.7. The van der Waals surface area contributed by atoms with Gasteiger partial charge in [-0.25, -0.2) is 9.97 Å². The van der Waals surface area contributed by atoms with Gasteiger partial charge in [-0.15, -0.1) is 0 Å². The number of hydrogen-bond acceptors (Lipinski definition) is 4. The molecule has 2 aliphatic heterocycles. The Morgan fingerprint density at radius 1 is 1.00 bits per heavy atom.